The highest BCUT2D eigenvalue weighted by atomic mass is 35.5. The second kappa shape index (κ2) is 15.8. The summed E-state index contributed by atoms with van der Waals surface area (Å²) in [6, 6.07) is 0.282. The number of hydrogen-bond acceptors (Lipinski definition) is 1. The molecule has 0 aromatic rings. The van der Waals surface area contributed by atoms with E-state index in [9.17, 15) is 0 Å². The molecule has 0 spiro atoms. The molecule has 1 nitrogen and oxygen atoms in total. The fourth-order valence-corrected chi connectivity index (χ4v) is 3.27. The summed E-state index contributed by atoms with van der Waals surface area (Å²) in [5.41, 5.74) is 3.51. The van der Waals surface area contributed by atoms with Gasteiger partial charge >= 0.3 is 0 Å². The number of halogens is 2. The van der Waals surface area contributed by atoms with E-state index in [1.165, 1.54) is 11.3 Å². The lowest BCUT2D eigenvalue weighted by Gasteiger charge is -2.33. The molecular formula is C23H33Cl2N. The van der Waals surface area contributed by atoms with Gasteiger partial charge in [0.2, 0.25) is 0 Å². The van der Waals surface area contributed by atoms with Crippen molar-refractivity contribution < 1.29 is 0 Å². The molecule has 0 aliphatic carbocycles. The van der Waals surface area contributed by atoms with E-state index < -0.39 is 0 Å². The van der Waals surface area contributed by atoms with Crippen molar-refractivity contribution in [2.45, 2.75) is 38.6 Å². The predicted molar refractivity (Wildman–Crippen MR) is 121 cm³/mol. The zero-order valence-corrected chi connectivity index (χ0v) is 17.8. The first-order chi connectivity index (χ1) is 12.6. The topological polar surface area (TPSA) is 3.24 Å². The minimum absolute atomic E-state index is 0.282. The number of allylic oxidation sites excluding steroid dienone is 9. The van der Waals surface area contributed by atoms with Gasteiger partial charge in [-0.25, -0.2) is 0 Å². The van der Waals surface area contributed by atoms with Crippen LogP contribution in [0.25, 0.3) is 0 Å². The minimum atomic E-state index is 0.282. The maximum atomic E-state index is 6.17. The molecule has 0 aliphatic heterocycles. The van der Waals surface area contributed by atoms with Crippen LogP contribution in [0.15, 0.2) is 85.2 Å². The Kier molecular flexibility index (Phi) is 14.9. The highest BCUT2D eigenvalue weighted by molar-refractivity contribution is 6.19. The fraction of sp³-hybridized carbons (Fsp3) is 0.391. The monoisotopic (exact) mass is 393 g/mol. The molecule has 0 aliphatic rings. The van der Waals surface area contributed by atoms with Crippen LogP contribution < -0.4 is 0 Å². The minimum Gasteiger partial charge on any atom is -0.374 e. The van der Waals surface area contributed by atoms with E-state index in [0.29, 0.717) is 11.8 Å². The first kappa shape index (κ1) is 24.6. The molecule has 0 radical (unpaired) electrons. The fourth-order valence-electron chi connectivity index (χ4n) is 2.75. The van der Waals surface area contributed by atoms with Gasteiger partial charge in [0, 0.05) is 37.0 Å². The van der Waals surface area contributed by atoms with E-state index in [-0.39, 0.29) is 6.04 Å². The van der Waals surface area contributed by atoms with Crippen molar-refractivity contribution in [3.63, 3.8) is 0 Å². The van der Waals surface area contributed by atoms with Gasteiger partial charge in [0.25, 0.3) is 0 Å². The molecule has 0 aromatic heterocycles. The van der Waals surface area contributed by atoms with Gasteiger partial charge in [0.15, 0.2) is 0 Å². The van der Waals surface area contributed by atoms with Crippen LogP contribution in [0.3, 0.4) is 0 Å². The zero-order valence-electron chi connectivity index (χ0n) is 16.3. The summed E-state index contributed by atoms with van der Waals surface area (Å²) in [5, 5.41) is 0. The number of hydrogen-bond donors (Lipinski definition) is 0. The number of alkyl halides is 2. The van der Waals surface area contributed by atoms with E-state index in [4.69, 9.17) is 23.2 Å². The van der Waals surface area contributed by atoms with E-state index >= 15 is 0 Å². The van der Waals surface area contributed by atoms with Gasteiger partial charge in [-0.05, 0) is 30.4 Å². The Bertz CT molecular complexity index is 553. The molecule has 0 fully saturated rings. The lowest BCUT2D eigenvalue weighted by atomic mass is 9.99. The normalized spacial score (nSPS) is 14.4. The maximum absolute atomic E-state index is 6.17. The van der Waals surface area contributed by atoms with Crippen molar-refractivity contribution in [1.82, 2.24) is 4.90 Å². The first-order valence-electron chi connectivity index (χ1n) is 9.04. The summed E-state index contributed by atoms with van der Waals surface area (Å²) < 4.78 is 0. The van der Waals surface area contributed by atoms with Crippen molar-refractivity contribution in [3.8, 4) is 0 Å². The van der Waals surface area contributed by atoms with Gasteiger partial charge in [0.1, 0.15) is 0 Å². The molecule has 0 saturated carbocycles. The van der Waals surface area contributed by atoms with Gasteiger partial charge in [0.05, 0.1) is 0 Å². The van der Waals surface area contributed by atoms with Gasteiger partial charge in [-0.1, -0.05) is 75.3 Å². The summed E-state index contributed by atoms with van der Waals surface area (Å²) in [4.78, 5) is 2.31. The van der Waals surface area contributed by atoms with Crippen LogP contribution in [0.5, 0.6) is 0 Å². The second-order valence-electron chi connectivity index (χ2n) is 5.91. The van der Waals surface area contributed by atoms with Crippen LogP contribution in [0.2, 0.25) is 0 Å². The number of rotatable bonds is 14. The van der Waals surface area contributed by atoms with E-state index in [2.05, 4.69) is 56.8 Å². The Hall–Kier alpha value is -1.44. The van der Waals surface area contributed by atoms with Crippen molar-refractivity contribution in [2.24, 2.45) is 0 Å². The highest BCUT2D eigenvalue weighted by Gasteiger charge is 2.19. The van der Waals surface area contributed by atoms with Gasteiger partial charge in [-0.15, -0.1) is 23.2 Å². The van der Waals surface area contributed by atoms with Gasteiger partial charge < -0.3 is 4.90 Å². The molecule has 0 heterocycles. The predicted octanol–water partition coefficient (Wildman–Crippen LogP) is 7.20. The average Bonchev–Trinajstić information content (AvgIpc) is 2.65. The Labute approximate surface area is 170 Å². The summed E-state index contributed by atoms with van der Waals surface area (Å²) in [5.74, 6) is 1.05. The SMILES string of the molecule is C=C/C=C\C/C(=C(/C=C)CCl)N(C)C(CCCl)CC(/C=C\C=C)=C/CC. The van der Waals surface area contributed by atoms with Crippen LogP contribution >= 0.6 is 23.2 Å². The molecule has 0 saturated heterocycles. The third-order valence-corrected chi connectivity index (χ3v) is 4.65. The summed E-state index contributed by atoms with van der Waals surface area (Å²) in [6.45, 7) is 13.6. The van der Waals surface area contributed by atoms with Crippen molar-refractivity contribution in [2.75, 3.05) is 18.8 Å². The Balaban J connectivity index is 5.71. The summed E-state index contributed by atoms with van der Waals surface area (Å²) >= 11 is 12.3. The third-order valence-electron chi connectivity index (χ3n) is 4.14. The molecule has 144 valence electrons. The average molecular weight is 394 g/mol. The van der Waals surface area contributed by atoms with Crippen LogP contribution in [0.1, 0.15) is 32.6 Å². The molecule has 0 amide bonds. The lowest BCUT2D eigenvalue weighted by molar-refractivity contribution is 0.288. The number of nitrogens with zero attached hydrogens (tertiary/aromatic N) is 1. The van der Waals surface area contributed by atoms with Gasteiger partial charge in [-0.2, -0.15) is 0 Å². The Morgan fingerprint density at radius 1 is 1.12 bits per heavy atom. The molecule has 0 rings (SSSR count). The maximum Gasteiger partial charge on any atom is 0.0491 e. The Morgan fingerprint density at radius 2 is 1.81 bits per heavy atom. The summed E-state index contributed by atoms with van der Waals surface area (Å²) in [7, 11) is 2.12. The van der Waals surface area contributed by atoms with E-state index in [1.54, 1.807) is 12.2 Å². The van der Waals surface area contributed by atoms with E-state index in [0.717, 1.165) is 31.3 Å². The molecule has 3 heteroatoms. The van der Waals surface area contributed by atoms with Crippen molar-refractivity contribution in [1.29, 1.82) is 0 Å². The third kappa shape index (κ3) is 9.31. The van der Waals surface area contributed by atoms with Crippen molar-refractivity contribution in [3.05, 3.63) is 85.2 Å². The van der Waals surface area contributed by atoms with Crippen LogP contribution in [-0.2, 0) is 0 Å². The molecule has 26 heavy (non-hydrogen) atoms. The molecule has 1 unspecified atom stereocenters. The molecule has 0 bridgehead atoms. The summed E-state index contributed by atoms with van der Waals surface area (Å²) in [6.07, 6.45) is 19.4. The van der Waals surface area contributed by atoms with Crippen molar-refractivity contribution >= 4 is 23.2 Å². The van der Waals surface area contributed by atoms with Gasteiger partial charge in [-0.3, -0.25) is 0 Å². The molecule has 0 aromatic carbocycles. The molecule has 0 N–H and O–H groups in total. The first-order valence-corrected chi connectivity index (χ1v) is 10.1. The lowest BCUT2D eigenvalue weighted by Crippen LogP contribution is -2.33. The second-order valence-corrected chi connectivity index (χ2v) is 6.55. The molecule has 1 atom stereocenters. The Morgan fingerprint density at radius 3 is 2.31 bits per heavy atom. The quantitative estimate of drug-likeness (QED) is 0.222. The van der Waals surface area contributed by atoms with Crippen LogP contribution in [0.4, 0.5) is 0 Å². The largest absolute Gasteiger partial charge is 0.374 e. The van der Waals surface area contributed by atoms with Crippen LogP contribution in [-0.4, -0.2) is 29.7 Å². The standard InChI is InChI=1S/C23H33Cl2N/c1-6-10-12-15-23(21(9-4)19-25)26(5)22(16-17-24)18-20(13-8-3)14-11-7-2/h6-7,9-14,22H,1-2,4,8,15-19H2,3,5H3/b12-10-,14-11-,20-13+,23-21+. The molecular weight excluding hydrogens is 361 g/mol. The smallest absolute Gasteiger partial charge is 0.0491 e. The zero-order chi connectivity index (χ0) is 19.8. The van der Waals surface area contributed by atoms with E-state index in [1.807, 2.05) is 18.2 Å². The van der Waals surface area contributed by atoms with Crippen LogP contribution in [0, 0.1) is 0 Å². The highest BCUT2D eigenvalue weighted by Crippen LogP contribution is 2.25.